The van der Waals surface area contributed by atoms with Gasteiger partial charge < -0.3 is 10.2 Å². The lowest BCUT2D eigenvalue weighted by atomic mass is 9.88. The number of nitrogens with one attached hydrogen (secondary N) is 1. The Hall–Kier alpha value is -1.77. The summed E-state index contributed by atoms with van der Waals surface area (Å²) < 4.78 is 0. The van der Waals surface area contributed by atoms with Crippen molar-refractivity contribution in [3.63, 3.8) is 0 Å². The molecule has 3 heteroatoms. The van der Waals surface area contributed by atoms with Crippen molar-refractivity contribution in [3.8, 4) is 0 Å². The third kappa shape index (κ3) is 3.41. The van der Waals surface area contributed by atoms with E-state index in [1.165, 1.54) is 16.7 Å². The lowest BCUT2D eigenvalue weighted by Crippen LogP contribution is -2.41. The van der Waals surface area contributed by atoms with Gasteiger partial charge in [-0.15, -0.1) is 0 Å². The second-order valence-corrected chi connectivity index (χ2v) is 6.47. The molecule has 1 heterocycles. The van der Waals surface area contributed by atoms with Gasteiger partial charge in [-0.05, 0) is 29.9 Å². The number of urea groups is 1. The van der Waals surface area contributed by atoms with Crippen LogP contribution in [0.4, 0.5) is 4.79 Å². The van der Waals surface area contributed by atoms with E-state index in [0.717, 1.165) is 13.0 Å². The second-order valence-electron chi connectivity index (χ2n) is 6.47. The Morgan fingerprint density at radius 1 is 1.25 bits per heavy atom. The molecule has 108 valence electrons. The minimum absolute atomic E-state index is 0.0110. The van der Waals surface area contributed by atoms with E-state index in [0.29, 0.717) is 6.54 Å². The van der Waals surface area contributed by atoms with E-state index in [1.807, 2.05) is 24.1 Å². The van der Waals surface area contributed by atoms with Crippen LogP contribution < -0.4 is 5.32 Å². The summed E-state index contributed by atoms with van der Waals surface area (Å²) in [6.45, 7) is 9.95. The standard InChI is InChI=1S/C17H24N2O/c1-13(17(2,3)4)11-18-16(20)19-10-9-14-7-5-6-8-15(14)12-19/h5-8,11H,9-10,12H2,1-4H3,(H,18,20)/b13-11+. The Labute approximate surface area is 121 Å². The molecule has 0 saturated heterocycles. The topological polar surface area (TPSA) is 32.3 Å². The van der Waals surface area contributed by atoms with Crippen LogP contribution in [0.3, 0.4) is 0 Å². The van der Waals surface area contributed by atoms with Crippen LogP contribution in [0.15, 0.2) is 36.0 Å². The Kier molecular flexibility index (Phi) is 4.17. The van der Waals surface area contributed by atoms with E-state index in [4.69, 9.17) is 0 Å². The number of benzene rings is 1. The van der Waals surface area contributed by atoms with Gasteiger partial charge in [-0.25, -0.2) is 4.79 Å². The van der Waals surface area contributed by atoms with Crippen molar-refractivity contribution in [2.24, 2.45) is 5.41 Å². The molecule has 20 heavy (non-hydrogen) atoms. The molecule has 0 saturated carbocycles. The molecule has 1 N–H and O–H groups in total. The van der Waals surface area contributed by atoms with Crippen molar-refractivity contribution in [2.75, 3.05) is 6.54 Å². The Morgan fingerprint density at radius 2 is 1.90 bits per heavy atom. The third-order valence-corrected chi connectivity index (χ3v) is 4.01. The first-order valence-electron chi connectivity index (χ1n) is 7.17. The summed E-state index contributed by atoms with van der Waals surface area (Å²) in [5.74, 6) is 0. The SMILES string of the molecule is C/C(=C\NC(=O)N1CCc2ccccc2C1)C(C)(C)C. The van der Waals surface area contributed by atoms with Crippen LogP contribution in [0.1, 0.15) is 38.8 Å². The molecular formula is C17H24N2O. The second kappa shape index (κ2) is 5.70. The van der Waals surface area contributed by atoms with E-state index in [2.05, 4.69) is 44.3 Å². The number of fused-ring (bicyclic) bond motifs is 1. The van der Waals surface area contributed by atoms with Crippen LogP contribution in [0.5, 0.6) is 0 Å². The van der Waals surface area contributed by atoms with Gasteiger partial charge in [0, 0.05) is 19.3 Å². The lowest BCUT2D eigenvalue weighted by molar-refractivity contribution is 0.196. The average Bonchev–Trinajstić information content (AvgIpc) is 2.42. The van der Waals surface area contributed by atoms with Crippen LogP contribution in [0.25, 0.3) is 0 Å². The zero-order valence-corrected chi connectivity index (χ0v) is 12.9. The Bertz CT molecular complexity index is 526. The minimum atomic E-state index is -0.0110. The van der Waals surface area contributed by atoms with Gasteiger partial charge in [0.2, 0.25) is 0 Å². The van der Waals surface area contributed by atoms with Crippen molar-refractivity contribution in [2.45, 2.75) is 40.7 Å². The fourth-order valence-electron chi connectivity index (χ4n) is 2.15. The van der Waals surface area contributed by atoms with Gasteiger partial charge in [0.25, 0.3) is 0 Å². The maximum absolute atomic E-state index is 12.2. The fraction of sp³-hybridized carbons (Fsp3) is 0.471. The number of hydrogen-bond donors (Lipinski definition) is 1. The largest absolute Gasteiger partial charge is 0.321 e. The molecule has 2 rings (SSSR count). The van der Waals surface area contributed by atoms with Crippen LogP contribution >= 0.6 is 0 Å². The van der Waals surface area contributed by atoms with Crippen LogP contribution in [-0.4, -0.2) is 17.5 Å². The first-order chi connectivity index (χ1) is 9.38. The summed E-state index contributed by atoms with van der Waals surface area (Å²) in [4.78, 5) is 14.1. The number of rotatable bonds is 1. The summed E-state index contributed by atoms with van der Waals surface area (Å²) in [6, 6.07) is 8.33. The zero-order valence-electron chi connectivity index (χ0n) is 12.9. The van der Waals surface area contributed by atoms with Crippen molar-refractivity contribution in [3.05, 3.63) is 47.2 Å². The van der Waals surface area contributed by atoms with Gasteiger partial charge in [-0.2, -0.15) is 0 Å². The number of carbonyl (C=O) groups excluding carboxylic acids is 1. The van der Waals surface area contributed by atoms with Gasteiger partial charge >= 0.3 is 6.03 Å². The molecule has 2 amide bonds. The molecule has 3 nitrogen and oxygen atoms in total. The summed E-state index contributed by atoms with van der Waals surface area (Å²) in [5.41, 5.74) is 3.87. The molecule has 1 aromatic rings. The maximum Gasteiger partial charge on any atom is 0.321 e. The van der Waals surface area contributed by atoms with E-state index in [-0.39, 0.29) is 11.4 Å². The number of carbonyl (C=O) groups is 1. The average molecular weight is 272 g/mol. The smallest absolute Gasteiger partial charge is 0.320 e. The van der Waals surface area contributed by atoms with Crippen molar-refractivity contribution in [1.82, 2.24) is 10.2 Å². The third-order valence-electron chi connectivity index (χ3n) is 4.01. The van der Waals surface area contributed by atoms with Gasteiger partial charge in [-0.3, -0.25) is 0 Å². The number of amides is 2. The molecule has 0 fully saturated rings. The number of allylic oxidation sites excluding steroid dienone is 1. The van der Waals surface area contributed by atoms with Gasteiger partial charge in [-0.1, -0.05) is 50.6 Å². The Morgan fingerprint density at radius 3 is 2.55 bits per heavy atom. The normalized spacial score (nSPS) is 15.8. The highest BCUT2D eigenvalue weighted by Crippen LogP contribution is 2.23. The van der Waals surface area contributed by atoms with Crippen LogP contribution in [-0.2, 0) is 13.0 Å². The summed E-state index contributed by atoms with van der Waals surface area (Å²) >= 11 is 0. The number of hydrogen-bond acceptors (Lipinski definition) is 1. The predicted octanol–water partition coefficient (Wildman–Crippen LogP) is 3.70. The quantitative estimate of drug-likeness (QED) is 0.830. The summed E-state index contributed by atoms with van der Waals surface area (Å²) in [7, 11) is 0. The monoisotopic (exact) mass is 272 g/mol. The van der Waals surface area contributed by atoms with E-state index in [9.17, 15) is 4.79 Å². The van der Waals surface area contributed by atoms with Crippen LogP contribution in [0.2, 0.25) is 0 Å². The van der Waals surface area contributed by atoms with E-state index in [1.54, 1.807) is 0 Å². The molecular weight excluding hydrogens is 248 g/mol. The highest BCUT2D eigenvalue weighted by Gasteiger charge is 2.20. The highest BCUT2D eigenvalue weighted by atomic mass is 16.2. The predicted molar refractivity (Wildman–Crippen MR) is 82.3 cm³/mol. The molecule has 1 aliphatic rings. The van der Waals surface area contributed by atoms with E-state index >= 15 is 0 Å². The highest BCUT2D eigenvalue weighted by molar-refractivity contribution is 5.75. The molecule has 0 aromatic heterocycles. The molecule has 0 bridgehead atoms. The summed E-state index contributed by atoms with van der Waals surface area (Å²) in [5, 5.41) is 2.91. The fourth-order valence-corrected chi connectivity index (χ4v) is 2.15. The van der Waals surface area contributed by atoms with Crippen LogP contribution in [0, 0.1) is 5.41 Å². The molecule has 0 unspecified atom stereocenters. The first kappa shape index (κ1) is 14.6. The molecule has 0 atom stereocenters. The van der Waals surface area contributed by atoms with Gasteiger partial charge in [0.05, 0.1) is 0 Å². The van der Waals surface area contributed by atoms with Crippen molar-refractivity contribution < 1.29 is 4.79 Å². The molecule has 0 spiro atoms. The van der Waals surface area contributed by atoms with E-state index < -0.39 is 0 Å². The zero-order chi connectivity index (χ0) is 14.8. The summed E-state index contributed by atoms with van der Waals surface area (Å²) in [6.07, 6.45) is 2.77. The van der Waals surface area contributed by atoms with Gasteiger partial charge in [0.1, 0.15) is 0 Å². The lowest BCUT2D eigenvalue weighted by Gasteiger charge is -2.29. The first-order valence-corrected chi connectivity index (χ1v) is 7.17. The molecule has 1 aliphatic heterocycles. The van der Waals surface area contributed by atoms with Crippen molar-refractivity contribution >= 4 is 6.03 Å². The molecule has 0 radical (unpaired) electrons. The molecule has 0 aliphatic carbocycles. The maximum atomic E-state index is 12.2. The van der Waals surface area contributed by atoms with Crippen molar-refractivity contribution in [1.29, 1.82) is 0 Å². The Balaban J connectivity index is 1.99. The number of nitrogens with zero attached hydrogens (tertiary/aromatic N) is 1. The minimum Gasteiger partial charge on any atom is -0.320 e. The molecule has 1 aromatic carbocycles. The van der Waals surface area contributed by atoms with Gasteiger partial charge in [0.15, 0.2) is 0 Å².